The summed E-state index contributed by atoms with van der Waals surface area (Å²) in [5, 5.41) is 3.38. The summed E-state index contributed by atoms with van der Waals surface area (Å²) in [6.45, 7) is 7.76. The minimum Gasteiger partial charge on any atom is -0.444 e. The van der Waals surface area contributed by atoms with Crippen LogP contribution in [0.2, 0.25) is 0 Å². The number of hydrogen-bond acceptors (Lipinski definition) is 4. The zero-order valence-electron chi connectivity index (χ0n) is 11.6. The smallest absolute Gasteiger partial charge is 0.410 e. The fourth-order valence-electron chi connectivity index (χ4n) is 2.37. The van der Waals surface area contributed by atoms with Gasteiger partial charge in [0.25, 0.3) is 0 Å². The van der Waals surface area contributed by atoms with Crippen molar-refractivity contribution in [3.63, 3.8) is 0 Å². The van der Waals surface area contributed by atoms with Crippen LogP contribution in [0.1, 0.15) is 33.6 Å². The number of nitrogens with zero attached hydrogens (tertiary/aromatic N) is 1. The third kappa shape index (κ3) is 3.54. The maximum atomic E-state index is 12.4. The summed E-state index contributed by atoms with van der Waals surface area (Å²) in [6, 6.07) is 0.675. The Balaban J connectivity index is 2.01. The van der Waals surface area contributed by atoms with Crippen LogP contribution in [0.15, 0.2) is 0 Å². The number of nitrogens with one attached hydrogen (secondary N) is 1. The molecule has 2 heterocycles. The van der Waals surface area contributed by atoms with E-state index in [1.807, 2.05) is 37.4 Å². The molecule has 2 fully saturated rings. The molecular weight excluding hydrogens is 248 g/mol. The number of ether oxygens (including phenoxy) is 1. The summed E-state index contributed by atoms with van der Waals surface area (Å²) in [5.41, 5.74) is -0.408. The van der Waals surface area contributed by atoms with Crippen LogP contribution in [0, 0.1) is 0 Å². The molecule has 0 bridgehead atoms. The van der Waals surface area contributed by atoms with Gasteiger partial charge in [0, 0.05) is 24.1 Å². The molecule has 0 aromatic heterocycles. The van der Waals surface area contributed by atoms with Crippen LogP contribution >= 0.6 is 11.8 Å². The summed E-state index contributed by atoms with van der Waals surface area (Å²) in [7, 11) is 0. The van der Waals surface area contributed by atoms with Crippen LogP contribution in [0.4, 0.5) is 4.79 Å². The van der Waals surface area contributed by atoms with Crippen LogP contribution < -0.4 is 5.32 Å². The molecule has 5 heteroatoms. The molecular formula is C13H24N2O2S. The third-order valence-corrected chi connectivity index (χ3v) is 4.52. The summed E-state index contributed by atoms with van der Waals surface area (Å²) in [5.74, 6) is 2.10. The quantitative estimate of drug-likeness (QED) is 0.836. The lowest BCUT2D eigenvalue weighted by atomic mass is 10.0. The van der Waals surface area contributed by atoms with Gasteiger partial charge in [-0.25, -0.2) is 4.79 Å². The van der Waals surface area contributed by atoms with Gasteiger partial charge < -0.3 is 10.1 Å². The van der Waals surface area contributed by atoms with Gasteiger partial charge >= 0.3 is 6.09 Å². The van der Waals surface area contributed by atoms with Crippen LogP contribution in [0.5, 0.6) is 0 Å². The van der Waals surface area contributed by atoms with Crippen LogP contribution in [0.25, 0.3) is 0 Å². The average molecular weight is 272 g/mol. The summed E-state index contributed by atoms with van der Waals surface area (Å²) in [6.07, 6.45) is 2.10. The maximum Gasteiger partial charge on any atom is 0.410 e. The monoisotopic (exact) mass is 272 g/mol. The highest BCUT2D eigenvalue weighted by Gasteiger charge is 2.37. The third-order valence-electron chi connectivity index (χ3n) is 3.28. The lowest BCUT2D eigenvalue weighted by molar-refractivity contribution is 0.00564. The average Bonchev–Trinajstić information content (AvgIpc) is 2.21. The normalized spacial score (nSPS) is 25.4. The molecule has 1 N–H and O–H groups in total. The molecule has 1 unspecified atom stereocenters. The van der Waals surface area contributed by atoms with E-state index in [2.05, 4.69) is 5.32 Å². The van der Waals surface area contributed by atoms with Gasteiger partial charge in [0.05, 0.1) is 6.04 Å². The van der Waals surface area contributed by atoms with Gasteiger partial charge in [-0.15, -0.1) is 0 Å². The van der Waals surface area contributed by atoms with Crippen molar-refractivity contribution < 1.29 is 9.53 Å². The van der Waals surface area contributed by atoms with Crippen LogP contribution in [0.3, 0.4) is 0 Å². The van der Waals surface area contributed by atoms with Crippen molar-refractivity contribution in [3.8, 4) is 0 Å². The number of thioether (sulfide) groups is 1. The first-order valence-corrected chi connectivity index (χ1v) is 7.92. The molecule has 2 aliphatic heterocycles. The fraction of sp³-hybridized carbons (Fsp3) is 0.923. The molecule has 0 saturated carbocycles. The van der Waals surface area contributed by atoms with Crippen molar-refractivity contribution >= 4 is 17.9 Å². The largest absolute Gasteiger partial charge is 0.444 e. The second-order valence-corrected chi connectivity index (χ2v) is 7.15. The minimum atomic E-state index is -0.408. The Labute approximate surface area is 114 Å². The number of piperidine rings is 1. The van der Waals surface area contributed by atoms with Gasteiger partial charge in [-0.05, 0) is 40.2 Å². The van der Waals surface area contributed by atoms with Crippen molar-refractivity contribution in [2.24, 2.45) is 0 Å². The molecule has 0 spiro atoms. The van der Waals surface area contributed by atoms with E-state index in [1.165, 1.54) is 0 Å². The Morgan fingerprint density at radius 2 is 2.06 bits per heavy atom. The van der Waals surface area contributed by atoms with Gasteiger partial charge in [0.2, 0.25) is 0 Å². The second-order valence-electron chi connectivity index (χ2n) is 6.08. The standard InChI is InChI=1S/C13H24N2O2S/c1-13(2,3)17-12(16)15(11-8-18-9-11)10-5-4-6-14-7-10/h10-11,14H,4-9H2,1-3H3. The molecule has 2 rings (SSSR count). The SMILES string of the molecule is CC(C)(C)OC(=O)N(C1CCCNC1)C1CSC1. The predicted octanol–water partition coefficient (Wildman–Crippen LogP) is 2.09. The van der Waals surface area contributed by atoms with Gasteiger partial charge in [-0.2, -0.15) is 11.8 Å². The van der Waals surface area contributed by atoms with Gasteiger partial charge in [-0.3, -0.25) is 4.90 Å². The predicted molar refractivity (Wildman–Crippen MR) is 75.1 cm³/mol. The lowest BCUT2D eigenvalue weighted by Crippen LogP contribution is -2.58. The van der Waals surface area contributed by atoms with Crippen molar-refractivity contribution in [1.82, 2.24) is 10.2 Å². The zero-order chi connectivity index (χ0) is 13.2. The van der Waals surface area contributed by atoms with E-state index >= 15 is 0 Å². The molecule has 1 atom stereocenters. The molecule has 2 aliphatic rings. The van der Waals surface area contributed by atoms with Gasteiger partial charge in [-0.1, -0.05) is 0 Å². The van der Waals surface area contributed by atoms with Crippen molar-refractivity contribution in [2.75, 3.05) is 24.6 Å². The highest BCUT2D eigenvalue weighted by Crippen LogP contribution is 2.28. The van der Waals surface area contributed by atoms with Crippen LogP contribution in [-0.4, -0.2) is 53.3 Å². The molecule has 104 valence electrons. The molecule has 2 saturated heterocycles. The van der Waals surface area contributed by atoms with E-state index in [0.717, 1.165) is 37.4 Å². The maximum absolute atomic E-state index is 12.4. The number of rotatable bonds is 2. The summed E-state index contributed by atoms with van der Waals surface area (Å²) in [4.78, 5) is 14.4. The molecule has 18 heavy (non-hydrogen) atoms. The van der Waals surface area contributed by atoms with Crippen LogP contribution in [-0.2, 0) is 4.74 Å². The molecule has 1 amide bonds. The van der Waals surface area contributed by atoms with Gasteiger partial charge in [0.15, 0.2) is 0 Å². The fourth-order valence-corrected chi connectivity index (χ4v) is 3.13. The molecule has 0 aliphatic carbocycles. The highest BCUT2D eigenvalue weighted by molar-refractivity contribution is 8.00. The first-order chi connectivity index (χ1) is 8.47. The van der Waals surface area contributed by atoms with E-state index in [1.54, 1.807) is 0 Å². The zero-order valence-corrected chi connectivity index (χ0v) is 12.4. The topological polar surface area (TPSA) is 41.6 Å². The molecule has 4 nitrogen and oxygen atoms in total. The van der Waals surface area contributed by atoms with E-state index in [4.69, 9.17) is 4.74 Å². The van der Waals surface area contributed by atoms with Crippen molar-refractivity contribution in [3.05, 3.63) is 0 Å². The Morgan fingerprint density at radius 3 is 2.50 bits per heavy atom. The van der Waals surface area contributed by atoms with E-state index in [-0.39, 0.29) is 6.09 Å². The molecule has 0 radical (unpaired) electrons. The highest BCUT2D eigenvalue weighted by atomic mass is 32.2. The summed E-state index contributed by atoms with van der Waals surface area (Å²) >= 11 is 1.90. The number of hydrogen-bond donors (Lipinski definition) is 1. The Morgan fingerprint density at radius 1 is 1.33 bits per heavy atom. The number of amides is 1. The first-order valence-electron chi connectivity index (χ1n) is 6.77. The molecule has 0 aromatic rings. The minimum absolute atomic E-state index is 0.137. The number of carbonyl (C=O) groups is 1. The second kappa shape index (κ2) is 5.70. The van der Waals surface area contributed by atoms with Gasteiger partial charge in [0.1, 0.15) is 5.60 Å². The van der Waals surface area contributed by atoms with Crippen molar-refractivity contribution in [2.45, 2.75) is 51.3 Å². The lowest BCUT2D eigenvalue weighted by Gasteiger charge is -2.43. The van der Waals surface area contributed by atoms with E-state index in [9.17, 15) is 4.79 Å². The molecule has 0 aromatic carbocycles. The first kappa shape index (κ1) is 14.0. The number of carbonyl (C=O) groups excluding carboxylic acids is 1. The Kier molecular flexibility index (Phi) is 4.43. The van der Waals surface area contributed by atoms with E-state index < -0.39 is 5.60 Å². The Hall–Kier alpha value is -0.420. The van der Waals surface area contributed by atoms with Crippen molar-refractivity contribution in [1.29, 1.82) is 0 Å². The summed E-state index contributed by atoms with van der Waals surface area (Å²) < 4.78 is 5.56. The Bertz CT molecular complexity index is 294. The van der Waals surface area contributed by atoms with E-state index in [0.29, 0.717) is 12.1 Å².